The van der Waals surface area contributed by atoms with Crippen molar-refractivity contribution in [3.05, 3.63) is 22.4 Å². The van der Waals surface area contributed by atoms with Gasteiger partial charge in [0.1, 0.15) is 0 Å². The highest BCUT2D eigenvalue weighted by atomic mass is 35.5. The van der Waals surface area contributed by atoms with Crippen molar-refractivity contribution >= 4 is 35.6 Å². The van der Waals surface area contributed by atoms with Crippen LogP contribution < -0.4 is 5.73 Å². The number of hydrogen-bond donors (Lipinski definition) is 1. The Morgan fingerprint density at radius 2 is 1.90 bits per heavy atom. The summed E-state index contributed by atoms with van der Waals surface area (Å²) in [6, 6.07) is 1.83. The highest BCUT2D eigenvalue weighted by molar-refractivity contribution is 7.08. The minimum atomic E-state index is -0.140. The van der Waals surface area contributed by atoms with E-state index in [-0.39, 0.29) is 30.1 Å². The molecule has 0 bridgehead atoms. The van der Waals surface area contributed by atoms with Crippen molar-refractivity contribution in [1.29, 1.82) is 0 Å². The number of hydrogen-bond acceptors (Lipinski definition) is 4. The quantitative estimate of drug-likeness (QED) is 0.906. The standard InChI is InChI=1S/C13H19N3O2S.ClH/c1-10(8-14)12(17)15-3-5-16(6-4-15)13(18)11-2-7-19-9-11;/h2,7,9-10H,3-6,8,14H2,1H3;1H. The molecule has 1 aliphatic heterocycles. The largest absolute Gasteiger partial charge is 0.339 e. The molecule has 1 aromatic heterocycles. The zero-order chi connectivity index (χ0) is 13.8. The minimum absolute atomic E-state index is 0. The lowest BCUT2D eigenvalue weighted by Crippen LogP contribution is -2.52. The molecule has 2 rings (SSSR count). The van der Waals surface area contributed by atoms with Crippen LogP contribution in [0.25, 0.3) is 0 Å². The van der Waals surface area contributed by atoms with Gasteiger partial charge in [0.2, 0.25) is 5.91 Å². The predicted octanol–water partition coefficient (Wildman–Crippen LogP) is 1.05. The maximum Gasteiger partial charge on any atom is 0.254 e. The molecule has 0 aliphatic carbocycles. The summed E-state index contributed by atoms with van der Waals surface area (Å²) in [4.78, 5) is 27.7. The van der Waals surface area contributed by atoms with Crippen molar-refractivity contribution in [1.82, 2.24) is 9.80 Å². The highest BCUT2D eigenvalue weighted by Crippen LogP contribution is 2.13. The van der Waals surface area contributed by atoms with Crippen LogP contribution in [0.3, 0.4) is 0 Å². The maximum absolute atomic E-state index is 12.1. The lowest BCUT2D eigenvalue weighted by Gasteiger charge is -2.35. The zero-order valence-corrected chi connectivity index (χ0v) is 13.1. The molecule has 2 amide bonds. The number of amides is 2. The molecule has 1 unspecified atom stereocenters. The van der Waals surface area contributed by atoms with Gasteiger partial charge in [-0.2, -0.15) is 11.3 Å². The molecule has 2 N–H and O–H groups in total. The van der Waals surface area contributed by atoms with Crippen molar-refractivity contribution in [2.24, 2.45) is 11.7 Å². The van der Waals surface area contributed by atoms with Crippen molar-refractivity contribution < 1.29 is 9.59 Å². The fraction of sp³-hybridized carbons (Fsp3) is 0.538. The van der Waals surface area contributed by atoms with E-state index in [2.05, 4.69) is 0 Å². The Morgan fingerprint density at radius 1 is 1.30 bits per heavy atom. The van der Waals surface area contributed by atoms with Crippen LogP contribution in [-0.4, -0.2) is 54.3 Å². The summed E-state index contributed by atoms with van der Waals surface area (Å²) in [5, 5.41) is 3.76. The molecule has 1 fully saturated rings. The predicted molar refractivity (Wildman–Crippen MR) is 82.3 cm³/mol. The molecule has 1 aliphatic rings. The van der Waals surface area contributed by atoms with Crippen molar-refractivity contribution in [2.75, 3.05) is 32.7 Å². The Balaban J connectivity index is 0.00000200. The van der Waals surface area contributed by atoms with E-state index in [1.165, 1.54) is 11.3 Å². The van der Waals surface area contributed by atoms with E-state index < -0.39 is 0 Å². The Hall–Kier alpha value is -1.11. The van der Waals surface area contributed by atoms with Gasteiger partial charge in [-0.05, 0) is 11.4 Å². The van der Waals surface area contributed by atoms with Gasteiger partial charge in [-0.25, -0.2) is 0 Å². The molecule has 2 heterocycles. The summed E-state index contributed by atoms with van der Waals surface area (Å²) >= 11 is 1.52. The monoisotopic (exact) mass is 317 g/mol. The number of rotatable bonds is 3. The van der Waals surface area contributed by atoms with E-state index in [0.29, 0.717) is 32.7 Å². The van der Waals surface area contributed by atoms with E-state index in [9.17, 15) is 9.59 Å². The molecule has 1 atom stereocenters. The van der Waals surface area contributed by atoms with E-state index in [1.807, 2.05) is 23.8 Å². The van der Waals surface area contributed by atoms with E-state index >= 15 is 0 Å². The number of carbonyl (C=O) groups excluding carboxylic acids is 2. The third-order valence-electron chi connectivity index (χ3n) is 3.42. The second-order valence-corrected chi connectivity index (χ2v) is 5.55. The van der Waals surface area contributed by atoms with Gasteiger partial charge in [-0.3, -0.25) is 9.59 Å². The van der Waals surface area contributed by atoms with Crippen LogP contribution in [0, 0.1) is 5.92 Å². The Labute approximate surface area is 129 Å². The number of piperazine rings is 1. The smallest absolute Gasteiger partial charge is 0.254 e. The summed E-state index contributed by atoms with van der Waals surface area (Å²) in [6.45, 7) is 4.59. The first-order valence-electron chi connectivity index (χ1n) is 6.43. The first kappa shape index (κ1) is 16.9. The van der Waals surface area contributed by atoms with Crippen molar-refractivity contribution in [3.8, 4) is 0 Å². The van der Waals surface area contributed by atoms with Crippen molar-refractivity contribution in [2.45, 2.75) is 6.92 Å². The van der Waals surface area contributed by atoms with Gasteiger partial charge in [0.25, 0.3) is 5.91 Å². The normalized spacial score (nSPS) is 16.5. The summed E-state index contributed by atoms with van der Waals surface area (Å²) in [6.07, 6.45) is 0. The van der Waals surface area contributed by atoms with Gasteiger partial charge in [0.05, 0.1) is 5.56 Å². The van der Waals surface area contributed by atoms with Crippen LogP contribution in [0.1, 0.15) is 17.3 Å². The molecule has 1 aromatic rings. The van der Waals surface area contributed by atoms with Crippen LogP contribution in [0.15, 0.2) is 16.8 Å². The van der Waals surface area contributed by atoms with Gasteiger partial charge in [0, 0.05) is 44.0 Å². The SMILES string of the molecule is CC(CN)C(=O)N1CCN(C(=O)c2ccsc2)CC1.Cl. The summed E-state index contributed by atoms with van der Waals surface area (Å²) < 4.78 is 0. The second-order valence-electron chi connectivity index (χ2n) is 4.77. The molecule has 0 spiro atoms. The first-order chi connectivity index (χ1) is 9.13. The minimum Gasteiger partial charge on any atom is -0.339 e. The second kappa shape index (κ2) is 7.61. The molecule has 1 saturated heterocycles. The highest BCUT2D eigenvalue weighted by Gasteiger charge is 2.26. The third-order valence-corrected chi connectivity index (χ3v) is 4.11. The lowest BCUT2D eigenvalue weighted by atomic mass is 10.1. The average molecular weight is 318 g/mol. The van der Waals surface area contributed by atoms with Gasteiger partial charge in [-0.1, -0.05) is 6.92 Å². The number of thiophene rings is 1. The zero-order valence-electron chi connectivity index (χ0n) is 11.4. The molecule has 20 heavy (non-hydrogen) atoms. The molecule has 0 radical (unpaired) electrons. The molecular formula is C13H20ClN3O2S. The third kappa shape index (κ3) is 3.71. The number of nitrogens with two attached hydrogens (primary N) is 1. The van der Waals surface area contributed by atoms with E-state index in [4.69, 9.17) is 5.73 Å². The summed E-state index contributed by atoms with van der Waals surface area (Å²) in [5.74, 6) is 0.00415. The fourth-order valence-electron chi connectivity index (χ4n) is 2.11. The molecule has 112 valence electrons. The van der Waals surface area contributed by atoms with E-state index in [0.717, 1.165) is 5.56 Å². The van der Waals surface area contributed by atoms with Crippen molar-refractivity contribution in [3.63, 3.8) is 0 Å². The summed E-state index contributed by atoms with van der Waals surface area (Å²) in [7, 11) is 0. The topological polar surface area (TPSA) is 66.6 Å². The van der Waals surface area contributed by atoms with E-state index in [1.54, 1.807) is 9.80 Å². The lowest BCUT2D eigenvalue weighted by molar-refractivity contribution is -0.136. The van der Waals surface area contributed by atoms with Crippen LogP contribution in [0.2, 0.25) is 0 Å². The van der Waals surface area contributed by atoms with Crippen LogP contribution in [0.4, 0.5) is 0 Å². The molecule has 5 nitrogen and oxygen atoms in total. The van der Waals surface area contributed by atoms with Gasteiger partial charge in [-0.15, -0.1) is 12.4 Å². The maximum atomic E-state index is 12.1. The van der Waals surface area contributed by atoms with Gasteiger partial charge in [0.15, 0.2) is 0 Å². The molecule has 0 saturated carbocycles. The first-order valence-corrected chi connectivity index (χ1v) is 7.38. The Kier molecular flexibility index (Phi) is 6.45. The van der Waals surface area contributed by atoms with Crippen LogP contribution in [0.5, 0.6) is 0 Å². The Morgan fingerprint density at radius 3 is 2.40 bits per heavy atom. The summed E-state index contributed by atoms with van der Waals surface area (Å²) in [5.41, 5.74) is 6.24. The Bertz CT molecular complexity index is 444. The van der Waals surface area contributed by atoms with Gasteiger partial charge < -0.3 is 15.5 Å². The van der Waals surface area contributed by atoms with Crippen LogP contribution >= 0.6 is 23.7 Å². The number of nitrogens with zero attached hydrogens (tertiary/aromatic N) is 2. The fourth-order valence-corrected chi connectivity index (χ4v) is 2.74. The molecule has 7 heteroatoms. The van der Waals surface area contributed by atoms with Crippen LogP contribution in [-0.2, 0) is 4.79 Å². The van der Waals surface area contributed by atoms with Gasteiger partial charge >= 0.3 is 0 Å². The molecular weight excluding hydrogens is 298 g/mol. The number of halogens is 1. The number of carbonyl (C=O) groups is 2. The average Bonchev–Trinajstić information content (AvgIpc) is 2.99. The molecule has 0 aromatic carbocycles.